The second kappa shape index (κ2) is 6.36. The summed E-state index contributed by atoms with van der Waals surface area (Å²) in [6.45, 7) is 0.807. The molecular formula is C17H18ClN3O. The molecule has 114 valence electrons. The van der Waals surface area contributed by atoms with Gasteiger partial charge in [-0.3, -0.25) is 4.79 Å². The summed E-state index contributed by atoms with van der Waals surface area (Å²) in [5, 5.41) is 3.66. The van der Waals surface area contributed by atoms with E-state index in [-0.39, 0.29) is 0 Å². The number of hydrogen-bond acceptors (Lipinski definition) is 3. The first kappa shape index (κ1) is 14.9. The van der Waals surface area contributed by atoms with Crippen LogP contribution >= 0.6 is 11.6 Å². The van der Waals surface area contributed by atoms with Gasteiger partial charge in [0.2, 0.25) is 5.91 Å². The molecule has 3 N–H and O–H groups in total. The predicted molar refractivity (Wildman–Crippen MR) is 88.2 cm³/mol. The van der Waals surface area contributed by atoms with Crippen molar-refractivity contribution in [3.05, 3.63) is 58.2 Å². The van der Waals surface area contributed by atoms with E-state index in [0.29, 0.717) is 22.3 Å². The van der Waals surface area contributed by atoms with Crippen LogP contribution in [0, 0.1) is 5.92 Å². The average Bonchev–Trinajstić information content (AvgIpc) is 2.91. The standard InChI is InChI=1S/C17H18ClN3O/c18-15-9-14(16(19)22)10-21-17(15)20-6-5-11-7-12-3-1-2-4-13(12)8-11/h1-4,9-11H,5-8H2,(H2,19,22)(H,20,21). The molecule has 1 aromatic heterocycles. The third-order valence-corrected chi connectivity index (χ3v) is 4.39. The van der Waals surface area contributed by atoms with Crippen molar-refractivity contribution in [2.24, 2.45) is 11.7 Å². The summed E-state index contributed by atoms with van der Waals surface area (Å²) in [7, 11) is 0. The lowest BCUT2D eigenvalue weighted by Crippen LogP contribution is -2.13. The van der Waals surface area contributed by atoms with Crippen molar-refractivity contribution >= 4 is 23.3 Å². The third kappa shape index (κ3) is 3.22. The quantitative estimate of drug-likeness (QED) is 0.891. The number of fused-ring (bicyclic) bond motifs is 1. The molecule has 0 bridgehead atoms. The van der Waals surface area contributed by atoms with Gasteiger partial charge in [-0.2, -0.15) is 0 Å². The number of anilines is 1. The van der Waals surface area contributed by atoms with E-state index in [9.17, 15) is 4.79 Å². The van der Waals surface area contributed by atoms with Crippen LogP contribution in [0.4, 0.5) is 5.82 Å². The number of pyridine rings is 1. The lowest BCUT2D eigenvalue weighted by Gasteiger charge is -2.11. The Morgan fingerprint density at radius 1 is 1.32 bits per heavy atom. The highest BCUT2D eigenvalue weighted by Gasteiger charge is 2.20. The summed E-state index contributed by atoms with van der Waals surface area (Å²) in [6, 6.07) is 10.2. The molecular weight excluding hydrogens is 298 g/mol. The second-order valence-corrected chi connectivity index (χ2v) is 6.08. The van der Waals surface area contributed by atoms with Gasteiger partial charge in [0.15, 0.2) is 0 Å². The van der Waals surface area contributed by atoms with Gasteiger partial charge in [-0.25, -0.2) is 4.98 Å². The molecule has 0 saturated carbocycles. The number of nitrogens with one attached hydrogen (secondary N) is 1. The maximum atomic E-state index is 11.1. The van der Waals surface area contributed by atoms with Gasteiger partial charge < -0.3 is 11.1 Å². The van der Waals surface area contributed by atoms with Gasteiger partial charge in [-0.05, 0) is 42.4 Å². The van der Waals surface area contributed by atoms with Crippen molar-refractivity contribution in [3.63, 3.8) is 0 Å². The minimum atomic E-state index is -0.523. The van der Waals surface area contributed by atoms with E-state index in [1.165, 1.54) is 17.3 Å². The monoisotopic (exact) mass is 315 g/mol. The first-order chi connectivity index (χ1) is 10.6. The maximum absolute atomic E-state index is 11.1. The number of amides is 1. The molecule has 3 rings (SSSR count). The molecule has 4 nitrogen and oxygen atoms in total. The van der Waals surface area contributed by atoms with Crippen LogP contribution in [0.2, 0.25) is 5.02 Å². The molecule has 1 heterocycles. The highest BCUT2D eigenvalue weighted by atomic mass is 35.5. The number of rotatable bonds is 5. The molecule has 2 aromatic rings. The zero-order valence-corrected chi connectivity index (χ0v) is 12.9. The number of nitrogens with two attached hydrogens (primary N) is 1. The van der Waals surface area contributed by atoms with E-state index in [1.807, 2.05) is 0 Å². The zero-order chi connectivity index (χ0) is 15.5. The van der Waals surface area contributed by atoms with Crippen LogP contribution in [0.15, 0.2) is 36.5 Å². The van der Waals surface area contributed by atoms with Crippen molar-refractivity contribution in [2.45, 2.75) is 19.3 Å². The summed E-state index contributed by atoms with van der Waals surface area (Å²) >= 11 is 6.11. The Morgan fingerprint density at radius 3 is 2.59 bits per heavy atom. The molecule has 1 amide bonds. The van der Waals surface area contributed by atoms with E-state index < -0.39 is 5.91 Å². The van der Waals surface area contributed by atoms with Gasteiger partial charge >= 0.3 is 0 Å². The molecule has 0 radical (unpaired) electrons. The average molecular weight is 316 g/mol. The molecule has 0 atom stereocenters. The van der Waals surface area contributed by atoms with Crippen molar-refractivity contribution in [2.75, 3.05) is 11.9 Å². The minimum Gasteiger partial charge on any atom is -0.369 e. The number of benzene rings is 1. The number of carbonyl (C=O) groups excluding carboxylic acids is 1. The lowest BCUT2D eigenvalue weighted by atomic mass is 10.0. The lowest BCUT2D eigenvalue weighted by molar-refractivity contribution is 0.1000. The highest BCUT2D eigenvalue weighted by Crippen LogP contribution is 2.28. The number of hydrogen-bond donors (Lipinski definition) is 2. The SMILES string of the molecule is NC(=O)c1cnc(NCCC2Cc3ccccc3C2)c(Cl)c1. The first-order valence-corrected chi connectivity index (χ1v) is 7.77. The third-order valence-electron chi connectivity index (χ3n) is 4.11. The Kier molecular flexibility index (Phi) is 4.29. The van der Waals surface area contributed by atoms with Crippen LogP contribution in [0.3, 0.4) is 0 Å². The summed E-state index contributed by atoms with van der Waals surface area (Å²) in [6.07, 6.45) is 4.78. The maximum Gasteiger partial charge on any atom is 0.250 e. The van der Waals surface area contributed by atoms with Crippen LogP contribution in [0.5, 0.6) is 0 Å². The zero-order valence-electron chi connectivity index (χ0n) is 12.2. The van der Waals surface area contributed by atoms with Crippen molar-refractivity contribution in [1.29, 1.82) is 0 Å². The van der Waals surface area contributed by atoms with E-state index in [2.05, 4.69) is 34.6 Å². The van der Waals surface area contributed by atoms with Crippen molar-refractivity contribution < 1.29 is 4.79 Å². The van der Waals surface area contributed by atoms with Gasteiger partial charge in [0.25, 0.3) is 0 Å². The second-order valence-electron chi connectivity index (χ2n) is 5.68. The normalized spacial score (nSPS) is 13.9. The Morgan fingerprint density at radius 2 is 2.00 bits per heavy atom. The summed E-state index contributed by atoms with van der Waals surface area (Å²) in [5.74, 6) is 0.736. The Bertz CT molecular complexity index is 677. The number of aromatic nitrogens is 1. The van der Waals surface area contributed by atoms with E-state index in [0.717, 1.165) is 25.8 Å². The van der Waals surface area contributed by atoms with Gasteiger partial charge in [-0.15, -0.1) is 0 Å². The van der Waals surface area contributed by atoms with Gasteiger partial charge in [-0.1, -0.05) is 35.9 Å². The summed E-state index contributed by atoms with van der Waals surface area (Å²) < 4.78 is 0. The van der Waals surface area contributed by atoms with Crippen LogP contribution in [0.25, 0.3) is 0 Å². The smallest absolute Gasteiger partial charge is 0.250 e. The molecule has 1 aromatic carbocycles. The van der Waals surface area contributed by atoms with E-state index >= 15 is 0 Å². The number of halogens is 1. The van der Waals surface area contributed by atoms with Gasteiger partial charge in [0, 0.05) is 12.7 Å². The Labute approximate surface area is 134 Å². The molecule has 1 aliphatic carbocycles. The molecule has 0 fully saturated rings. The van der Waals surface area contributed by atoms with Crippen molar-refractivity contribution in [1.82, 2.24) is 4.98 Å². The minimum absolute atomic E-state index is 0.321. The van der Waals surface area contributed by atoms with E-state index in [1.54, 1.807) is 6.07 Å². The van der Waals surface area contributed by atoms with Crippen LogP contribution in [-0.2, 0) is 12.8 Å². The molecule has 5 heteroatoms. The Hall–Kier alpha value is -2.07. The molecule has 0 unspecified atom stereocenters. The fraction of sp³-hybridized carbons (Fsp3) is 0.294. The van der Waals surface area contributed by atoms with Gasteiger partial charge in [0.05, 0.1) is 10.6 Å². The largest absolute Gasteiger partial charge is 0.369 e. The van der Waals surface area contributed by atoms with Crippen LogP contribution in [0.1, 0.15) is 27.9 Å². The molecule has 1 aliphatic rings. The summed E-state index contributed by atoms with van der Waals surface area (Å²) in [5.41, 5.74) is 8.45. The number of nitrogens with zero attached hydrogens (tertiary/aromatic N) is 1. The number of primary amides is 1. The molecule has 0 saturated heterocycles. The highest BCUT2D eigenvalue weighted by molar-refractivity contribution is 6.33. The predicted octanol–water partition coefficient (Wildman–Crippen LogP) is 3.05. The molecule has 22 heavy (non-hydrogen) atoms. The first-order valence-electron chi connectivity index (χ1n) is 7.39. The topological polar surface area (TPSA) is 68.0 Å². The van der Waals surface area contributed by atoms with Gasteiger partial charge in [0.1, 0.15) is 5.82 Å². The van der Waals surface area contributed by atoms with Crippen LogP contribution < -0.4 is 11.1 Å². The fourth-order valence-corrected chi connectivity index (χ4v) is 3.18. The molecule has 0 spiro atoms. The van der Waals surface area contributed by atoms with Crippen LogP contribution in [-0.4, -0.2) is 17.4 Å². The molecule has 0 aliphatic heterocycles. The Balaban J connectivity index is 1.53. The van der Waals surface area contributed by atoms with Crippen molar-refractivity contribution in [3.8, 4) is 0 Å². The summed E-state index contributed by atoms with van der Waals surface area (Å²) in [4.78, 5) is 15.2. The van der Waals surface area contributed by atoms with E-state index in [4.69, 9.17) is 17.3 Å². The fourth-order valence-electron chi connectivity index (χ4n) is 2.95. The number of carbonyl (C=O) groups is 1.